The fraction of sp³-hybridized carbons (Fsp3) is 0.429. The summed E-state index contributed by atoms with van der Waals surface area (Å²) in [6.45, 7) is 2.72. The van der Waals surface area contributed by atoms with E-state index in [0.717, 1.165) is 24.3 Å². The normalized spacial score (nSPS) is 11.1. The van der Waals surface area contributed by atoms with Crippen molar-refractivity contribution in [2.45, 2.75) is 39.2 Å². The number of carbonyl (C=O) groups is 1. The van der Waals surface area contributed by atoms with E-state index >= 15 is 0 Å². The third kappa shape index (κ3) is 2.92. The van der Waals surface area contributed by atoms with Gasteiger partial charge in [0.15, 0.2) is 5.82 Å². The summed E-state index contributed by atoms with van der Waals surface area (Å²) in [5, 5.41) is 8.59. The zero-order chi connectivity index (χ0) is 13.8. The summed E-state index contributed by atoms with van der Waals surface area (Å²) in [7, 11) is 0. The van der Waals surface area contributed by atoms with Gasteiger partial charge in [-0.3, -0.25) is 4.79 Å². The third-order valence-corrected chi connectivity index (χ3v) is 3.17. The van der Waals surface area contributed by atoms with E-state index in [1.54, 1.807) is 6.07 Å². The highest BCUT2D eigenvalue weighted by molar-refractivity contribution is 5.76. The molecular formula is C14H17FN2O2. The molecule has 0 unspecified atom stereocenters. The van der Waals surface area contributed by atoms with Crippen molar-refractivity contribution in [2.75, 3.05) is 0 Å². The lowest BCUT2D eigenvalue weighted by molar-refractivity contribution is -0.137. The minimum Gasteiger partial charge on any atom is -0.481 e. The number of hydrogen-bond acceptors (Lipinski definition) is 2. The quantitative estimate of drug-likeness (QED) is 0.816. The van der Waals surface area contributed by atoms with Crippen LogP contribution in [-0.2, 0) is 17.8 Å². The summed E-state index contributed by atoms with van der Waals surface area (Å²) < 4.78 is 15.6. The molecule has 0 aliphatic rings. The first-order valence-corrected chi connectivity index (χ1v) is 6.49. The van der Waals surface area contributed by atoms with Gasteiger partial charge in [0.05, 0.1) is 5.52 Å². The summed E-state index contributed by atoms with van der Waals surface area (Å²) in [5.74, 6) is -0.264. The number of rotatable bonds is 6. The Labute approximate surface area is 110 Å². The second kappa shape index (κ2) is 5.82. The van der Waals surface area contributed by atoms with E-state index in [0.29, 0.717) is 18.4 Å². The van der Waals surface area contributed by atoms with Crippen LogP contribution in [0.1, 0.15) is 32.0 Å². The van der Waals surface area contributed by atoms with Crippen LogP contribution < -0.4 is 0 Å². The van der Waals surface area contributed by atoms with Crippen molar-refractivity contribution in [3.05, 3.63) is 29.8 Å². The zero-order valence-corrected chi connectivity index (χ0v) is 10.9. The zero-order valence-electron chi connectivity index (χ0n) is 10.9. The molecule has 19 heavy (non-hydrogen) atoms. The van der Waals surface area contributed by atoms with Crippen LogP contribution in [-0.4, -0.2) is 20.6 Å². The second-order valence-corrected chi connectivity index (χ2v) is 4.48. The highest BCUT2D eigenvalue weighted by Gasteiger charge is 2.12. The number of hydrogen-bond donors (Lipinski definition) is 1. The lowest BCUT2D eigenvalue weighted by Crippen LogP contribution is -2.02. The predicted molar refractivity (Wildman–Crippen MR) is 70.6 cm³/mol. The van der Waals surface area contributed by atoms with Crippen LogP contribution in [0.15, 0.2) is 18.2 Å². The van der Waals surface area contributed by atoms with Gasteiger partial charge in [-0.2, -0.15) is 0 Å². The maximum atomic E-state index is 13.7. The van der Waals surface area contributed by atoms with Crippen LogP contribution in [0.2, 0.25) is 0 Å². The average Bonchev–Trinajstić information content (AvgIpc) is 2.73. The molecule has 0 aliphatic carbocycles. The van der Waals surface area contributed by atoms with E-state index in [1.165, 1.54) is 6.07 Å². The summed E-state index contributed by atoms with van der Waals surface area (Å²) in [5.41, 5.74) is 1.20. The van der Waals surface area contributed by atoms with E-state index in [9.17, 15) is 9.18 Å². The number of para-hydroxylation sites is 1. The lowest BCUT2D eigenvalue weighted by Gasteiger charge is -2.05. The van der Waals surface area contributed by atoms with Gasteiger partial charge in [0.2, 0.25) is 0 Å². The van der Waals surface area contributed by atoms with E-state index in [-0.39, 0.29) is 12.2 Å². The average molecular weight is 264 g/mol. The van der Waals surface area contributed by atoms with Gasteiger partial charge in [-0.05, 0) is 31.9 Å². The summed E-state index contributed by atoms with van der Waals surface area (Å²) in [4.78, 5) is 14.8. The van der Waals surface area contributed by atoms with Gasteiger partial charge in [-0.15, -0.1) is 0 Å². The molecule has 1 N–H and O–H groups in total. The molecule has 4 nitrogen and oxygen atoms in total. The molecule has 0 fully saturated rings. The van der Waals surface area contributed by atoms with Gasteiger partial charge < -0.3 is 9.67 Å². The molecule has 0 amide bonds. The number of aryl methyl sites for hydroxylation is 2. The van der Waals surface area contributed by atoms with Crippen molar-refractivity contribution in [2.24, 2.45) is 0 Å². The number of aromatic nitrogens is 2. The number of benzene rings is 1. The van der Waals surface area contributed by atoms with Crippen molar-refractivity contribution in [3.8, 4) is 0 Å². The first-order chi connectivity index (χ1) is 9.13. The highest BCUT2D eigenvalue weighted by Crippen LogP contribution is 2.20. The van der Waals surface area contributed by atoms with Gasteiger partial charge in [0.25, 0.3) is 0 Å². The molecule has 1 heterocycles. The molecule has 102 valence electrons. The van der Waals surface area contributed by atoms with Gasteiger partial charge >= 0.3 is 5.97 Å². The Morgan fingerprint density at radius 1 is 1.42 bits per heavy atom. The van der Waals surface area contributed by atoms with Gasteiger partial charge in [0.1, 0.15) is 11.3 Å². The Kier molecular flexibility index (Phi) is 4.14. The molecule has 1 aromatic heterocycles. The Morgan fingerprint density at radius 3 is 2.89 bits per heavy atom. The summed E-state index contributed by atoms with van der Waals surface area (Å²) in [6, 6.07) is 4.94. The van der Waals surface area contributed by atoms with E-state index in [1.807, 2.05) is 17.6 Å². The number of carboxylic acids is 1. The van der Waals surface area contributed by atoms with Crippen LogP contribution in [0.3, 0.4) is 0 Å². The summed E-state index contributed by atoms with van der Waals surface area (Å²) in [6.07, 6.45) is 2.21. The molecule has 0 radical (unpaired) electrons. The van der Waals surface area contributed by atoms with Crippen molar-refractivity contribution in [3.63, 3.8) is 0 Å². The summed E-state index contributed by atoms with van der Waals surface area (Å²) >= 11 is 0. The number of aliphatic carboxylic acids is 1. The third-order valence-electron chi connectivity index (χ3n) is 3.17. The van der Waals surface area contributed by atoms with Crippen LogP contribution in [0, 0.1) is 5.82 Å². The maximum absolute atomic E-state index is 13.7. The molecule has 0 bridgehead atoms. The Hall–Kier alpha value is -1.91. The van der Waals surface area contributed by atoms with Crippen LogP contribution >= 0.6 is 0 Å². The Balaban J connectivity index is 2.18. The van der Waals surface area contributed by atoms with Crippen LogP contribution in [0.25, 0.3) is 11.0 Å². The number of imidazole rings is 1. The molecule has 0 spiro atoms. The van der Waals surface area contributed by atoms with Crippen molar-refractivity contribution in [1.82, 2.24) is 9.55 Å². The first kappa shape index (κ1) is 13.5. The molecule has 2 aromatic rings. The standard InChI is InChI=1S/C14H17FN2O2/c1-2-17-11-7-5-6-10(15)14(11)16-12(17)8-3-4-9-13(18)19/h5-7H,2-4,8-9H2,1H3,(H,18,19). The molecule has 5 heteroatoms. The molecule has 2 rings (SSSR count). The van der Waals surface area contributed by atoms with Gasteiger partial charge in [-0.1, -0.05) is 6.07 Å². The highest BCUT2D eigenvalue weighted by atomic mass is 19.1. The number of halogens is 1. The van der Waals surface area contributed by atoms with E-state index in [2.05, 4.69) is 4.98 Å². The van der Waals surface area contributed by atoms with Crippen LogP contribution in [0.4, 0.5) is 4.39 Å². The molecule has 0 saturated heterocycles. The minimum atomic E-state index is -0.782. The molecule has 1 aromatic carbocycles. The van der Waals surface area contributed by atoms with Crippen molar-refractivity contribution in [1.29, 1.82) is 0 Å². The minimum absolute atomic E-state index is 0.167. The first-order valence-electron chi connectivity index (χ1n) is 6.49. The second-order valence-electron chi connectivity index (χ2n) is 4.48. The largest absolute Gasteiger partial charge is 0.481 e. The monoisotopic (exact) mass is 264 g/mol. The SMILES string of the molecule is CCn1c(CCCCC(=O)O)nc2c(F)cccc21. The molecule has 0 atom stereocenters. The topological polar surface area (TPSA) is 55.1 Å². The molecule has 0 saturated carbocycles. The van der Waals surface area contributed by atoms with Crippen LogP contribution in [0.5, 0.6) is 0 Å². The predicted octanol–water partition coefficient (Wildman–Crippen LogP) is 2.99. The number of fused-ring (bicyclic) bond motifs is 1. The maximum Gasteiger partial charge on any atom is 0.303 e. The fourth-order valence-corrected chi connectivity index (χ4v) is 2.26. The van der Waals surface area contributed by atoms with E-state index in [4.69, 9.17) is 5.11 Å². The Morgan fingerprint density at radius 2 is 2.21 bits per heavy atom. The van der Waals surface area contributed by atoms with Gasteiger partial charge in [0, 0.05) is 19.4 Å². The number of unbranched alkanes of at least 4 members (excludes halogenated alkanes) is 1. The number of nitrogens with zero attached hydrogens (tertiary/aromatic N) is 2. The smallest absolute Gasteiger partial charge is 0.303 e. The number of carboxylic acid groups (broad SMARTS) is 1. The molecular weight excluding hydrogens is 247 g/mol. The van der Waals surface area contributed by atoms with Crippen molar-refractivity contribution >= 4 is 17.0 Å². The lowest BCUT2D eigenvalue weighted by atomic mass is 10.2. The van der Waals surface area contributed by atoms with E-state index < -0.39 is 5.97 Å². The Bertz CT molecular complexity index is 592. The molecule has 0 aliphatic heterocycles. The van der Waals surface area contributed by atoms with Crippen molar-refractivity contribution < 1.29 is 14.3 Å². The fourth-order valence-electron chi connectivity index (χ4n) is 2.26. The van der Waals surface area contributed by atoms with Gasteiger partial charge in [-0.25, -0.2) is 9.37 Å².